The van der Waals surface area contributed by atoms with E-state index in [1.54, 1.807) is 6.92 Å². The van der Waals surface area contributed by atoms with E-state index in [-0.39, 0.29) is 27.2 Å². The van der Waals surface area contributed by atoms with Gasteiger partial charge in [-0.15, -0.1) is 0 Å². The van der Waals surface area contributed by atoms with Crippen LogP contribution in [0, 0.1) is 0 Å². The second-order valence-corrected chi connectivity index (χ2v) is 2.09. The van der Waals surface area contributed by atoms with Gasteiger partial charge in [0, 0.05) is 21.1 Å². The summed E-state index contributed by atoms with van der Waals surface area (Å²) < 4.78 is 0. The monoisotopic (exact) mass is 336 g/mol. The fourth-order valence-corrected chi connectivity index (χ4v) is 0.732. The summed E-state index contributed by atoms with van der Waals surface area (Å²) in [5, 5.41) is 9.02. The third-order valence-electron chi connectivity index (χ3n) is 1.28. The van der Waals surface area contributed by atoms with Crippen molar-refractivity contribution in [3.05, 3.63) is 41.6 Å². The van der Waals surface area contributed by atoms with E-state index in [4.69, 9.17) is 10.8 Å². The summed E-state index contributed by atoms with van der Waals surface area (Å²) in [5.74, 6) is 0. The molecule has 0 saturated heterocycles. The maximum absolute atomic E-state index is 9.02. The number of rotatable bonds is 1. The quantitative estimate of drug-likeness (QED) is 0.841. The average molecular weight is 336 g/mol. The van der Waals surface area contributed by atoms with Crippen LogP contribution in [0.25, 0.3) is 5.73 Å². The van der Waals surface area contributed by atoms with Crippen molar-refractivity contribution in [3.8, 4) is 0 Å². The fourth-order valence-electron chi connectivity index (χ4n) is 0.732. The standard InChI is InChI=1S/C8H10O.CH4N.W/c1-7(9)8-5-3-2-4-6-8;1-2;/h2-7,9H,1H3;2H,1H3;/q;-1;. The molecule has 0 aliphatic carbocycles. The first-order chi connectivity index (χ1) is 5.30. The summed E-state index contributed by atoms with van der Waals surface area (Å²) in [7, 11) is 1.25. The summed E-state index contributed by atoms with van der Waals surface area (Å²) >= 11 is 0. The molecule has 2 N–H and O–H groups in total. The van der Waals surface area contributed by atoms with E-state index >= 15 is 0 Å². The fraction of sp³-hybridized carbons (Fsp3) is 0.333. The molecule has 0 radical (unpaired) electrons. The molecule has 1 rings (SSSR count). The third-order valence-corrected chi connectivity index (χ3v) is 1.28. The van der Waals surface area contributed by atoms with Crippen molar-refractivity contribution in [3.63, 3.8) is 0 Å². The van der Waals surface area contributed by atoms with Crippen molar-refractivity contribution in [2.45, 2.75) is 13.0 Å². The summed E-state index contributed by atoms with van der Waals surface area (Å²) in [5.41, 5.74) is 6.72. The van der Waals surface area contributed by atoms with Gasteiger partial charge in [0.05, 0.1) is 6.10 Å². The van der Waals surface area contributed by atoms with Gasteiger partial charge in [-0.3, -0.25) is 0 Å². The van der Waals surface area contributed by atoms with Crippen molar-refractivity contribution in [2.75, 3.05) is 7.05 Å². The van der Waals surface area contributed by atoms with Gasteiger partial charge < -0.3 is 10.8 Å². The van der Waals surface area contributed by atoms with Gasteiger partial charge in [-0.05, 0) is 12.5 Å². The van der Waals surface area contributed by atoms with E-state index in [2.05, 4.69) is 0 Å². The number of hydrogen-bond donors (Lipinski definition) is 1. The van der Waals surface area contributed by atoms with Gasteiger partial charge in [-0.2, -0.15) is 7.05 Å². The van der Waals surface area contributed by atoms with Crippen LogP contribution < -0.4 is 0 Å². The Morgan fingerprint density at radius 2 is 1.58 bits per heavy atom. The van der Waals surface area contributed by atoms with Crippen LogP contribution in [0.5, 0.6) is 0 Å². The van der Waals surface area contributed by atoms with Crippen molar-refractivity contribution in [1.82, 2.24) is 0 Å². The molecular weight excluding hydrogens is 322 g/mol. The molecule has 12 heavy (non-hydrogen) atoms. The largest absolute Gasteiger partial charge is 0.680 e. The van der Waals surface area contributed by atoms with Gasteiger partial charge in [0.15, 0.2) is 0 Å². The summed E-state index contributed by atoms with van der Waals surface area (Å²) in [6.45, 7) is 1.76. The number of benzene rings is 1. The van der Waals surface area contributed by atoms with Gasteiger partial charge in [0.25, 0.3) is 0 Å². The Hall–Kier alpha value is -0.172. The van der Waals surface area contributed by atoms with Crippen LogP contribution in [0.1, 0.15) is 18.6 Å². The Bertz CT molecular complexity index is 177. The number of aliphatic hydroxyl groups is 1. The van der Waals surface area contributed by atoms with E-state index < -0.39 is 0 Å². The predicted octanol–water partition coefficient (Wildman–Crippen LogP) is 2.41. The van der Waals surface area contributed by atoms with Crippen LogP contribution in [-0.2, 0) is 21.1 Å². The van der Waals surface area contributed by atoms with Crippen LogP contribution in [-0.4, -0.2) is 12.2 Å². The zero-order valence-corrected chi connectivity index (χ0v) is 10.3. The molecule has 0 saturated carbocycles. The molecule has 0 aliphatic heterocycles. The maximum Gasteiger partial charge on any atom is 0.0761 e. The topological polar surface area (TPSA) is 44.0 Å². The number of aliphatic hydroxyl groups excluding tert-OH is 1. The zero-order chi connectivity index (χ0) is 8.69. The van der Waals surface area contributed by atoms with Gasteiger partial charge >= 0.3 is 0 Å². The van der Waals surface area contributed by atoms with E-state index in [1.165, 1.54) is 7.05 Å². The Labute approximate surface area is 88.1 Å². The third kappa shape index (κ3) is 5.48. The molecule has 0 aromatic heterocycles. The second kappa shape index (κ2) is 8.92. The van der Waals surface area contributed by atoms with Gasteiger partial charge in [0.1, 0.15) is 0 Å². The predicted molar refractivity (Wildman–Crippen MR) is 47.3 cm³/mol. The van der Waals surface area contributed by atoms with Crippen LogP contribution >= 0.6 is 0 Å². The Morgan fingerprint density at radius 1 is 1.17 bits per heavy atom. The minimum Gasteiger partial charge on any atom is -0.680 e. The Morgan fingerprint density at radius 3 is 1.83 bits per heavy atom. The molecule has 0 amide bonds. The SMILES string of the molecule is CC(O)c1ccccc1.C[NH-].[W]. The maximum atomic E-state index is 9.02. The molecular formula is C9H14NOW-. The molecule has 0 heterocycles. The number of hydrogen-bond acceptors (Lipinski definition) is 1. The minimum atomic E-state index is -0.341. The molecule has 0 fully saturated rings. The molecule has 0 spiro atoms. The van der Waals surface area contributed by atoms with E-state index in [0.717, 1.165) is 5.56 Å². The average Bonchev–Trinajstić information content (AvgIpc) is 2.10. The molecule has 0 aliphatic rings. The van der Waals surface area contributed by atoms with Crippen LogP contribution in [0.2, 0.25) is 0 Å². The van der Waals surface area contributed by atoms with Gasteiger partial charge in [-0.25, -0.2) is 0 Å². The first-order valence-electron chi connectivity index (χ1n) is 3.53. The second-order valence-electron chi connectivity index (χ2n) is 2.09. The molecule has 0 bridgehead atoms. The Kier molecular flexibility index (Phi) is 10.7. The normalized spacial score (nSPS) is 10.3. The summed E-state index contributed by atoms with van der Waals surface area (Å²) in [4.78, 5) is 0. The van der Waals surface area contributed by atoms with Crippen molar-refractivity contribution >= 4 is 0 Å². The van der Waals surface area contributed by atoms with Crippen molar-refractivity contribution in [1.29, 1.82) is 0 Å². The smallest absolute Gasteiger partial charge is 0.0761 e. The van der Waals surface area contributed by atoms with Crippen LogP contribution in [0.15, 0.2) is 30.3 Å². The minimum absolute atomic E-state index is 0. The first kappa shape index (κ1) is 14.4. The van der Waals surface area contributed by atoms with Gasteiger partial charge in [-0.1, -0.05) is 30.3 Å². The van der Waals surface area contributed by atoms with E-state index in [1.807, 2.05) is 30.3 Å². The first-order valence-corrected chi connectivity index (χ1v) is 3.53. The van der Waals surface area contributed by atoms with Gasteiger partial charge in [0.2, 0.25) is 0 Å². The molecule has 3 heteroatoms. The van der Waals surface area contributed by atoms with Crippen LogP contribution in [0.3, 0.4) is 0 Å². The molecule has 1 aromatic rings. The van der Waals surface area contributed by atoms with E-state index in [0.29, 0.717) is 0 Å². The van der Waals surface area contributed by atoms with E-state index in [9.17, 15) is 0 Å². The molecule has 1 unspecified atom stereocenters. The van der Waals surface area contributed by atoms with Crippen molar-refractivity contribution in [2.24, 2.45) is 0 Å². The zero-order valence-electron chi connectivity index (χ0n) is 7.32. The van der Waals surface area contributed by atoms with Crippen LogP contribution in [0.4, 0.5) is 0 Å². The Balaban J connectivity index is 0. The molecule has 68 valence electrons. The van der Waals surface area contributed by atoms with Crippen molar-refractivity contribution < 1.29 is 26.2 Å². The summed E-state index contributed by atoms with van der Waals surface area (Å²) in [6.07, 6.45) is -0.341. The number of nitrogens with one attached hydrogen (secondary N) is 1. The molecule has 2 nitrogen and oxygen atoms in total. The molecule has 1 atom stereocenters. The molecule has 1 aromatic carbocycles. The summed E-state index contributed by atoms with van der Waals surface area (Å²) in [6, 6.07) is 9.59.